The van der Waals surface area contributed by atoms with E-state index >= 15 is 0 Å². The molecule has 0 spiro atoms. The second-order valence-corrected chi connectivity index (χ2v) is 4.62. The Morgan fingerprint density at radius 3 is 2.04 bits per heavy atom. The van der Waals surface area contributed by atoms with Gasteiger partial charge in [0.2, 0.25) is 0 Å². The van der Waals surface area contributed by atoms with Crippen molar-refractivity contribution in [3.05, 3.63) is 81.4 Å². The van der Waals surface area contributed by atoms with E-state index in [0.717, 1.165) is 12.1 Å². The average molecular weight is 321 g/mol. The molecule has 2 rings (SSSR count). The van der Waals surface area contributed by atoms with Crippen molar-refractivity contribution in [1.29, 1.82) is 0 Å². The molecule has 0 fully saturated rings. The number of ketones is 1. The molecule has 4 nitrogen and oxygen atoms in total. The molecule has 0 saturated carbocycles. The number of hydrogen-bond acceptors (Lipinski definition) is 3. The van der Waals surface area contributed by atoms with Crippen molar-refractivity contribution in [2.24, 2.45) is 0 Å². The number of non-ortho nitro benzene ring substituents is 1. The van der Waals surface area contributed by atoms with Crippen LogP contribution in [0.2, 0.25) is 0 Å². The first-order valence-electron chi connectivity index (χ1n) is 6.41. The summed E-state index contributed by atoms with van der Waals surface area (Å²) in [6.07, 6.45) is -1.83. The summed E-state index contributed by atoms with van der Waals surface area (Å²) in [4.78, 5) is 21.8. The molecule has 0 saturated heterocycles. The van der Waals surface area contributed by atoms with Crippen LogP contribution in [0.15, 0.2) is 54.6 Å². The maximum Gasteiger partial charge on any atom is 0.416 e. The van der Waals surface area contributed by atoms with Gasteiger partial charge in [-0.25, -0.2) is 0 Å². The van der Waals surface area contributed by atoms with Gasteiger partial charge >= 0.3 is 6.18 Å². The number of nitrogens with zero attached hydrogens (tertiary/aromatic N) is 1. The summed E-state index contributed by atoms with van der Waals surface area (Å²) >= 11 is 0. The first kappa shape index (κ1) is 16.4. The molecule has 0 radical (unpaired) electrons. The number of nitro groups is 1. The van der Waals surface area contributed by atoms with E-state index in [-0.39, 0.29) is 11.3 Å². The lowest BCUT2D eigenvalue weighted by Gasteiger charge is -2.05. The van der Waals surface area contributed by atoms with Gasteiger partial charge in [0.1, 0.15) is 0 Å². The van der Waals surface area contributed by atoms with Crippen molar-refractivity contribution in [2.45, 2.75) is 6.18 Å². The van der Waals surface area contributed by atoms with Crippen LogP contribution in [0.25, 0.3) is 6.08 Å². The van der Waals surface area contributed by atoms with Gasteiger partial charge in [-0.15, -0.1) is 0 Å². The zero-order valence-corrected chi connectivity index (χ0v) is 11.6. The maximum absolute atomic E-state index is 12.4. The van der Waals surface area contributed by atoms with Crippen LogP contribution in [0.4, 0.5) is 18.9 Å². The molecule has 0 aromatic heterocycles. The first-order valence-corrected chi connectivity index (χ1v) is 6.41. The summed E-state index contributed by atoms with van der Waals surface area (Å²) in [6.45, 7) is 0. The molecular formula is C16H10F3NO3. The third-order valence-corrected chi connectivity index (χ3v) is 3.03. The molecule has 0 amide bonds. The molecule has 23 heavy (non-hydrogen) atoms. The van der Waals surface area contributed by atoms with Crippen LogP contribution >= 0.6 is 0 Å². The Bertz CT molecular complexity index is 748. The number of allylic oxidation sites excluding steroid dienone is 1. The lowest BCUT2D eigenvalue weighted by atomic mass is 10.1. The molecule has 0 N–H and O–H groups in total. The summed E-state index contributed by atoms with van der Waals surface area (Å²) in [5.74, 6) is -0.403. The Morgan fingerprint density at radius 2 is 1.57 bits per heavy atom. The predicted octanol–water partition coefficient (Wildman–Crippen LogP) is 4.51. The normalized spacial score (nSPS) is 11.6. The largest absolute Gasteiger partial charge is 0.416 e. The van der Waals surface area contributed by atoms with E-state index in [1.54, 1.807) is 0 Å². The first-order chi connectivity index (χ1) is 10.8. The Kier molecular flexibility index (Phi) is 4.59. The van der Waals surface area contributed by atoms with Crippen molar-refractivity contribution in [3.8, 4) is 0 Å². The summed E-state index contributed by atoms with van der Waals surface area (Å²) in [7, 11) is 0. The molecule has 2 aromatic carbocycles. The number of nitro benzene ring substituents is 1. The SMILES string of the molecule is O=C(/C=C/c1ccc(C(F)(F)F)cc1)c1ccc([N+](=O)[O-])cc1. The smallest absolute Gasteiger partial charge is 0.289 e. The summed E-state index contributed by atoms with van der Waals surface area (Å²) in [6, 6.07) is 9.41. The highest BCUT2D eigenvalue weighted by molar-refractivity contribution is 6.06. The molecule has 0 aliphatic heterocycles. The van der Waals surface area contributed by atoms with Crippen molar-refractivity contribution in [2.75, 3.05) is 0 Å². The van der Waals surface area contributed by atoms with Gasteiger partial charge in [0.25, 0.3) is 5.69 Å². The maximum atomic E-state index is 12.4. The minimum atomic E-state index is -4.41. The lowest BCUT2D eigenvalue weighted by Crippen LogP contribution is -2.04. The molecule has 0 unspecified atom stereocenters. The highest BCUT2D eigenvalue weighted by atomic mass is 19.4. The fraction of sp³-hybridized carbons (Fsp3) is 0.0625. The molecular weight excluding hydrogens is 311 g/mol. The molecule has 0 aliphatic rings. The molecule has 7 heteroatoms. The van der Waals surface area contributed by atoms with Crippen LogP contribution in [0.1, 0.15) is 21.5 Å². The minimum Gasteiger partial charge on any atom is -0.289 e. The van der Waals surface area contributed by atoms with E-state index in [1.165, 1.54) is 48.6 Å². The van der Waals surface area contributed by atoms with Crippen LogP contribution in [0.5, 0.6) is 0 Å². The van der Waals surface area contributed by atoms with Crippen molar-refractivity contribution >= 4 is 17.5 Å². The highest BCUT2D eigenvalue weighted by Crippen LogP contribution is 2.29. The van der Waals surface area contributed by atoms with Crippen molar-refractivity contribution in [1.82, 2.24) is 0 Å². The fourth-order valence-corrected chi connectivity index (χ4v) is 1.80. The van der Waals surface area contributed by atoms with E-state index in [2.05, 4.69) is 0 Å². The number of carbonyl (C=O) groups is 1. The van der Waals surface area contributed by atoms with E-state index in [0.29, 0.717) is 5.56 Å². The van der Waals surface area contributed by atoms with Gasteiger partial charge in [0.05, 0.1) is 10.5 Å². The van der Waals surface area contributed by atoms with Gasteiger partial charge in [-0.05, 0) is 35.9 Å². The van der Waals surface area contributed by atoms with Crippen LogP contribution in [-0.2, 0) is 6.18 Å². The molecule has 0 heterocycles. The van der Waals surface area contributed by atoms with Gasteiger partial charge in [-0.3, -0.25) is 14.9 Å². The topological polar surface area (TPSA) is 60.2 Å². The third-order valence-electron chi connectivity index (χ3n) is 3.03. The number of benzene rings is 2. The van der Waals surface area contributed by atoms with Gasteiger partial charge in [0.15, 0.2) is 5.78 Å². The van der Waals surface area contributed by atoms with Crippen molar-refractivity contribution in [3.63, 3.8) is 0 Å². The van der Waals surface area contributed by atoms with E-state index in [9.17, 15) is 28.1 Å². The molecule has 0 aliphatic carbocycles. The van der Waals surface area contributed by atoms with E-state index in [1.807, 2.05) is 0 Å². The number of rotatable bonds is 4. The summed E-state index contributed by atoms with van der Waals surface area (Å²) in [5.41, 5.74) is -0.211. The lowest BCUT2D eigenvalue weighted by molar-refractivity contribution is -0.384. The zero-order chi connectivity index (χ0) is 17.0. The van der Waals surface area contributed by atoms with Crippen molar-refractivity contribution < 1.29 is 22.9 Å². The molecule has 118 valence electrons. The molecule has 0 bridgehead atoms. The Balaban J connectivity index is 2.10. The summed E-state index contributed by atoms with van der Waals surface area (Å²) < 4.78 is 37.3. The van der Waals surface area contributed by atoms with Crippen LogP contribution in [-0.4, -0.2) is 10.7 Å². The zero-order valence-electron chi connectivity index (χ0n) is 11.6. The fourth-order valence-electron chi connectivity index (χ4n) is 1.80. The average Bonchev–Trinajstić information content (AvgIpc) is 2.52. The van der Waals surface area contributed by atoms with Gasteiger partial charge in [-0.2, -0.15) is 13.2 Å². The standard InChI is InChI=1S/C16H10F3NO3/c17-16(18,19)13-6-1-11(2-7-13)3-10-15(21)12-4-8-14(9-5-12)20(22)23/h1-10H/b10-3+. The second-order valence-electron chi connectivity index (χ2n) is 4.62. The van der Waals surface area contributed by atoms with Crippen LogP contribution in [0, 0.1) is 10.1 Å². The van der Waals surface area contributed by atoms with Gasteiger partial charge in [-0.1, -0.05) is 18.2 Å². The minimum absolute atomic E-state index is 0.131. The number of alkyl halides is 3. The highest BCUT2D eigenvalue weighted by Gasteiger charge is 2.29. The number of hydrogen-bond donors (Lipinski definition) is 0. The predicted molar refractivity (Wildman–Crippen MR) is 77.9 cm³/mol. The van der Waals surface area contributed by atoms with E-state index in [4.69, 9.17) is 0 Å². The Morgan fingerprint density at radius 1 is 1.00 bits per heavy atom. The van der Waals surface area contributed by atoms with Gasteiger partial charge in [0, 0.05) is 17.7 Å². The Hall–Kier alpha value is -2.96. The molecule has 2 aromatic rings. The number of carbonyl (C=O) groups excluding carboxylic acids is 1. The van der Waals surface area contributed by atoms with Crippen LogP contribution < -0.4 is 0 Å². The Labute approximate surface area is 129 Å². The van der Waals surface area contributed by atoms with Crippen LogP contribution in [0.3, 0.4) is 0 Å². The van der Waals surface area contributed by atoms with E-state index < -0.39 is 22.4 Å². The number of halogens is 3. The third kappa shape index (κ3) is 4.26. The quantitative estimate of drug-likeness (QED) is 0.360. The monoisotopic (exact) mass is 321 g/mol. The molecule has 0 atom stereocenters. The van der Waals surface area contributed by atoms with Gasteiger partial charge < -0.3 is 0 Å². The summed E-state index contributed by atoms with van der Waals surface area (Å²) in [5, 5.41) is 10.5. The second kappa shape index (κ2) is 6.43.